The van der Waals surface area contributed by atoms with Crippen molar-refractivity contribution < 1.29 is 19.4 Å². The van der Waals surface area contributed by atoms with Crippen molar-refractivity contribution in [3.63, 3.8) is 0 Å². The fraction of sp³-hybridized carbons (Fsp3) is 0.458. The van der Waals surface area contributed by atoms with E-state index >= 15 is 0 Å². The summed E-state index contributed by atoms with van der Waals surface area (Å²) in [7, 11) is 0. The molecule has 0 aromatic heterocycles. The molecule has 0 radical (unpaired) electrons. The summed E-state index contributed by atoms with van der Waals surface area (Å²) in [6.45, 7) is 2.57. The lowest BCUT2D eigenvalue weighted by Gasteiger charge is -2.31. The van der Waals surface area contributed by atoms with Gasteiger partial charge in [-0.2, -0.15) is 0 Å². The molecule has 30 heavy (non-hydrogen) atoms. The number of hydrogen-bond acceptors (Lipinski definition) is 5. The lowest BCUT2D eigenvalue weighted by atomic mass is 9.81. The molecule has 1 aliphatic rings. The quantitative estimate of drug-likeness (QED) is 0.566. The Morgan fingerprint density at radius 3 is 2.77 bits per heavy atom. The third-order valence-electron chi connectivity index (χ3n) is 5.52. The molecule has 2 N–H and O–H groups in total. The zero-order valence-electron chi connectivity index (χ0n) is 17.4. The van der Waals surface area contributed by atoms with Crippen molar-refractivity contribution in [3.8, 4) is 5.75 Å². The van der Waals surface area contributed by atoms with Crippen LogP contribution < -0.4 is 10.1 Å². The topological polar surface area (TPSA) is 67.8 Å². The summed E-state index contributed by atoms with van der Waals surface area (Å²) in [5.74, 6) is 0.781. The minimum absolute atomic E-state index is 0.0719. The molecule has 0 amide bonds. The zero-order valence-corrected chi connectivity index (χ0v) is 18.1. The standard InChI is InChI=1S/C24H30ClNO4/c1-2-29-24(28)16-30-22-11-9-17(10-12-22)18-5-4-8-21(14-18)26-15-23(27)19-6-3-7-20(25)13-19/h3,6-7,9-13,18,21,23,26-27H,2,4-5,8,14-16H2,1H3/t18-,21+,23-/m0/s1. The number of halogens is 1. The highest BCUT2D eigenvalue weighted by atomic mass is 35.5. The Balaban J connectivity index is 1.48. The second-order valence-electron chi connectivity index (χ2n) is 7.70. The number of carbonyl (C=O) groups is 1. The largest absolute Gasteiger partial charge is 0.482 e. The van der Waals surface area contributed by atoms with Crippen molar-refractivity contribution >= 4 is 17.6 Å². The minimum Gasteiger partial charge on any atom is -0.482 e. The van der Waals surface area contributed by atoms with Gasteiger partial charge in [0, 0.05) is 17.6 Å². The fourth-order valence-electron chi connectivity index (χ4n) is 3.97. The fourth-order valence-corrected chi connectivity index (χ4v) is 4.17. The lowest BCUT2D eigenvalue weighted by Crippen LogP contribution is -2.36. The van der Waals surface area contributed by atoms with Crippen LogP contribution in [0.1, 0.15) is 55.8 Å². The van der Waals surface area contributed by atoms with Crippen LogP contribution in [0.5, 0.6) is 5.75 Å². The Kier molecular flexibility index (Phi) is 8.55. The van der Waals surface area contributed by atoms with E-state index in [2.05, 4.69) is 17.4 Å². The first-order chi connectivity index (χ1) is 14.5. The Labute approximate surface area is 183 Å². The highest BCUT2D eigenvalue weighted by Gasteiger charge is 2.23. The number of aliphatic hydroxyl groups excluding tert-OH is 1. The molecule has 2 aromatic rings. The second kappa shape index (κ2) is 11.3. The van der Waals surface area contributed by atoms with E-state index in [4.69, 9.17) is 21.1 Å². The molecule has 6 heteroatoms. The molecular formula is C24H30ClNO4. The molecule has 1 fully saturated rings. The van der Waals surface area contributed by atoms with Crippen LogP contribution in [0.15, 0.2) is 48.5 Å². The molecule has 0 bridgehead atoms. The Bertz CT molecular complexity index is 811. The second-order valence-corrected chi connectivity index (χ2v) is 8.14. The van der Waals surface area contributed by atoms with E-state index in [1.807, 2.05) is 36.4 Å². The summed E-state index contributed by atoms with van der Waals surface area (Å²) in [5.41, 5.74) is 2.11. The minimum atomic E-state index is -0.570. The van der Waals surface area contributed by atoms with Gasteiger partial charge in [0.15, 0.2) is 6.61 Å². The maximum absolute atomic E-state index is 11.4. The summed E-state index contributed by atoms with van der Waals surface area (Å²) in [6, 6.07) is 15.7. The van der Waals surface area contributed by atoms with E-state index < -0.39 is 6.10 Å². The number of esters is 1. The van der Waals surface area contributed by atoms with Crippen LogP contribution in [-0.4, -0.2) is 36.9 Å². The predicted molar refractivity (Wildman–Crippen MR) is 118 cm³/mol. The number of rotatable bonds is 9. The highest BCUT2D eigenvalue weighted by Crippen LogP contribution is 2.34. The third kappa shape index (κ3) is 6.73. The molecule has 0 saturated heterocycles. The maximum atomic E-state index is 11.4. The number of nitrogens with one attached hydrogen (secondary N) is 1. The molecule has 1 saturated carbocycles. The summed E-state index contributed by atoms with van der Waals surface area (Å²) >= 11 is 6.02. The Morgan fingerprint density at radius 1 is 1.23 bits per heavy atom. The van der Waals surface area contributed by atoms with Gasteiger partial charge < -0.3 is 19.9 Å². The number of ether oxygens (including phenoxy) is 2. The van der Waals surface area contributed by atoms with Gasteiger partial charge in [-0.3, -0.25) is 0 Å². The van der Waals surface area contributed by atoms with Crippen LogP contribution in [0.4, 0.5) is 0 Å². The van der Waals surface area contributed by atoms with E-state index in [-0.39, 0.29) is 12.6 Å². The smallest absolute Gasteiger partial charge is 0.344 e. The normalized spacial score (nSPS) is 19.8. The van der Waals surface area contributed by atoms with Crippen molar-refractivity contribution in [1.82, 2.24) is 5.32 Å². The molecule has 0 spiro atoms. The molecule has 5 nitrogen and oxygen atoms in total. The molecule has 0 heterocycles. The van der Waals surface area contributed by atoms with Crippen LogP contribution >= 0.6 is 11.6 Å². The van der Waals surface area contributed by atoms with Gasteiger partial charge in [0.1, 0.15) is 5.75 Å². The molecule has 162 valence electrons. The Morgan fingerprint density at radius 2 is 2.03 bits per heavy atom. The average molecular weight is 432 g/mol. The lowest BCUT2D eigenvalue weighted by molar-refractivity contribution is -0.145. The van der Waals surface area contributed by atoms with Gasteiger partial charge in [-0.25, -0.2) is 4.79 Å². The van der Waals surface area contributed by atoms with E-state index in [1.54, 1.807) is 6.92 Å². The molecular weight excluding hydrogens is 402 g/mol. The van der Waals surface area contributed by atoms with Gasteiger partial charge in [-0.05, 0) is 67.5 Å². The van der Waals surface area contributed by atoms with Gasteiger partial charge in [0.25, 0.3) is 0 Å². The van der Waals surface area contributed by atoms with Crippen LogP contribution in [0.25, 0.3) is 0 Å². The molecule has 3 atom stereocenters. The van der Waals surface area contributed by atoms with Gasteiger partial charge in [0.05, 0.1) is 12.7 Å². The molecule has 0 unspecified atom stereocenters. The first-order valence-electron chi connectivity index (χ1n) is 10.6. The van der Waals surface area contributed by atoms with Crippen molar-refractivity contribution in [2.75, 3.05) is 19.8 Å². The van der Waals surface area contributed by atoms with Crippen LogP contribution in [-0.2, 0) is 9.53 Å². The summed E-state index contributed by atoms with van der Waals surface area (Å²) in [5, 5.41) is 14.6. The van der Waals surface area contributed by atoms with E-state index in [9.17, 15) is 9.90 Å². The predicted octanol–water partition coefficient (Wildman–Crippen LogP) is 4.63. The van der Waals surface area contributed by atoms with Crippen molar-refractivity contribution in [2.45, 2.75) is 50.7 Å². The summed E-state index contributed by atoms with van der Waals surface area (Å²) in [6.07, 6.45) is 3.87. The summed E-state index contributed by atoms with van der Waals surface area (Å²) < 4.78 is 10.3. The van der Waals surface area contributed by atoms with Crippen molar-refractivity contribution in [1.29, 1.82) is 0 Å². The number of carbonyl (C=O) groups excluding carboxylic acids is 1. The zero-order chi connectivity index (χ0) is 21.3. The molecule has 1 aliphatic carbocycles. The van der Waals surface area contributed by atoms with E-state index in [0.29, 0.717) is 35.9 Å². The number of aliphatic hydroxyl groups is 1. The van der Waals surface area contributed by atoms with Crippen LogP contribution in [0.3, 0.4) is 0 Å². The highest BCUT2D eigenvalue weighted by molar-refractivity contribution is 6.30. The van der Waals surface area contributed by atoms with E-state index in [1.165, 1.54) is 5.56 Å². The van der Waals surface area contributed by atoms with Crippen LogP contribution in [0.2, 0.25) is 5.02 Å². The van der Waals surface area contributed by atoms with Gasteiger partial charge in [-0.15, -0.1) is 0 Å². The van der Waals surface area contributed by atoms with Crippen molar-refractivity contribution in [3.05, 3.63) is 64.7 Å². The number of benzene rings is 2. The first-order valence-corrected chi connectivity index (χ1v) is 11.0. The van der Waals surface area contributed by atoms with Gasteiger partial charge >= 0.3 is 5.97 Å². The summed E-state index contributed by atoms with van der Waals surface area (Å²) in [4.78, 5) is 11.4. The maximum Gasteiger partial charge on any atom is 0.344 e. The molecule has 3 rings (SSSR count). The van der Waals surface area contributed by atoms with E-state index in [0.717, 1.165) is 31.2 Å². The van der Waals surface area contributed by atoms with Gasteiger partial charge in [0.2, 0.25) is 0 Å². The van der Waals surface area contributed by atoms with Gasteiger partial charge in [-0.1, -0.05) is 42.3 Å². The average Bonchev–Trinajstić information content (AvgIpc) is 2.77. The third-order valence-corrected chi connectivity index (χ3v) is 5.76. The number of hydrogen-bond donors (Lipinski definition) is 2. The SMILES string of the molecule is CCOC(=O)COc1ccc([C@H]2CCC[C@@H](NC[C@H](O)c3cccc(Cl)c3)C2)cc1. The monoisotopic (exact) mass is 431 g/mol. The Hall–Kier alpha value is -2.08. The molecule has 2 aromatic carbocycles. The first kappa shape index (κ1) is 22.6. The van der Waals surface area contributed by atoms with Crippen molar-refractivity contribution in [2.24, 2.45) is 0 Å². The molecule has 0 aliphatic heterocycles. The van der Waals surface area contributed by atoms with Crippen LogP contribution in [0, 0.1) is 0 Å².